The number of aliphatic hydroxyl groups excluding tert-OH is 1. The van der Waals surface area contributed by atoms with Crippen LogP contribution >= 0.6 is 0 Å². The van der Waals surface area contributed by atoms with Crippen LogP contribution in [0.1, 0.15) is 41.5 Å². The van der Waals surface area contributed by atoms with E-state index in [1.807, 2.05) is 20.8 Å². The Kier molecular flexibility index (Phi) is 5.36. The van der Waals surface area contributed by atoms with Gasteiger partial charge in [-0.1, -0.05) is 12.1 Å². The quantitative estimate of drug-likeness (QED) is 0.826. The average molecular weight is 327 g/mol. The SMILES string of the molecule is CC(C)(C)Oc1ccc(C(=O)Nc2cccc(C(=O)CO)c2)cc1. The van der Waals surface area contributed by atoms with Crippen molar-refractivity contribution in [1.82, 2.24) is 0 Å². The molecule has 0 unspecified atom stereocenters. The van der Waals surface area contributed by atoms with Crippen molar-refractivity contribution >= 4 is 17.4 Å². The highest BCUT2D eigenvalue weighted by Crippen LogP contribution is 2.19. The Bertz CT molecular complexity index is 730. The summed E-state index contributed by atoms with van der Waals surface area (Å²) in [5.74, 6) is 0.00952. The number of hydrogen-bond donors (Lipinski definition) is 2. The normalized spacial score (nSPS) is 11.0. The monoisotopic (exact) mass is 327 g/mol. The zero-order chi connectivity index (χ0) is 17.7. The van der Waals surface area contributed by atoms with E-state index in [0.29, 0.717) is 22.6 Å². The number of hydrogen-bond acceptors (Lipinski definition) is 4. The van der Waals surface area contributed by atoms with Gasteiger partial charge in [-0.3, -0.25) is 9.59 Å². The van der Waals surface area contributed by atoms with Gasteiger partial charge in [0.1, 0.15) is 18.0 Å². The third kappa shape index (κ3) is 4.93. The summed E-state index contributed by atoms with van der Waals surface area (Å²) in [7, 11) is 0. The zero-order valence-electron chi connectivity index (χ0n) is 14.0. The molecule has 0 aliphatic carbocycles. The van der Waals surface area contributed by atoms with E-state index in [0.717, 1.165) is 0 Å². The summed E-state index contributed by atoms with van der Waals surface area (Å²) in [4.78, 5) is 23.8. The number of benzene rings is 2. The van der Waals surface area contributed by atoms with E-state index < -0.39 is 12.4 Å². The van der Waals surface area contributed by atoms with Crippen LogP contribution in [0.2, 0.25) is 0 Å². The molecule has 5 nitrogen and oxygen atoms in total. The van der Waals surface area contributed by atoms with Crippen molar-refractivity contribution in [3.63, 3.8) is 0 Å². The lowest BCUT2D eigenvalue weighted by Crippen LogP contribution is -2.23. The lowest BCUT2D eigenvalue weighted by molar-refractivity contribution is 0.0903. The zero-order valence-corrected chi connectivity index (χ0v) is 14.0. The molecule has 2 aromatic carbocycles. The maximum Gasteiger partial charge on any atom is 0.255 e. The first-order valence-electron chi connectivity index (χ1n) is 7.63. The first-order chi connectivity index (χ1) is 11.3. The van der Waals surface area contributed by atoms with E-state index in [-0.39, 0.29) is 11.5 Å². The highest BCUT2D eigenvalue weighted by molar-refractivity contribution is 6.05. The van der Waals surface area contributed by atoms with Crippen molar-refractivity contribution in [2.45, 2.75) is 26.4 Å². The van der Waals surface area contributed by atoms with Gasteiger partial charge >= 0.3 is 0 Å². The Labute approximate surface area is 141 Å². The highest BCUT2D eigenvalue weighted by Gasteiger charge is 2.13. The summed E-state index contributed by atoms with van der Waals surface area (Å²) in [6.07, 6.45) is 0. The third-order valence-corrected chi connectivity index (χ3v) is 3.13. The predicted molar refractivity (Wildman–Crippen MR) is 92.6 cm³/mol. The standard InChI is InChI=1S/C19H21NO4/c1-19(2,3)24-16-9-7-13(8-10-16)18(23)20-15-6-4-5-14(11-15)17(22)12-21/h4-11,21H,12H2,1-3H3,(H,20,23). The van der Waals surface area contributed by atoms with Crippen molar-refractivity contribution in [3.05, 3.63) is 59.7 Å². The molecule has 2 N–H and O–H groups in total. The van der Waals surface area contributed by atoms with Gasteiger partial charge in [0, 0.05) is 16.8 Å². The molecule has 0 aromatic heterocycles. The maximum absolute atomic E-state index is 12.3. The second-order valence-electron chi connectivity index (χ2n) is 6.36. The topological polar surface area (TPSA) is 75.6 Å². The minimum atomic E-state index is -0.563. The number of rotatable bonds is 5. The second-order valence-corrected chi connectivity index (χ2v) is 6.36. The molecule has 0 fully saturated rings. The lowest BCUT2D eigenvalue weighted by atomic mass is 10.1. The number of nitrogens with one attached hydrogen (secondary N) is 1. The molecule has 0 aliphatic heterocycles. The Morgan fingerprint density at radius 3 is 2.29 bits per heavy atom. The van der Waals surface area contributed by atoms with E-state index in [2.05, 4.69) is 5.32 Å². The summed E-state index contributed by atoms with van der Waals surface area (Å²) >= 11 is 0. The number of ether oxygens (including phenoxy) is 1. The van der Waals surface area contributed by atoms with Gasteiger partial charge in [0.2, 0.25) is 0 Å². The molecule has 2 aromatic rings. The van der Waals surface area contributed by atoms with E-state index in [1.165, 1.54) is 6.07 Å². The van der Waals surface area contributed by atoms with Crippen LogP contribution in [-0.4, -0.2) is 29.0 Å². The summed E-state index contributed by atoms with van der Waals surface area (Å²) in [5.41, 5.74) is 1.03. The van der Waals surface area contributed by atoms with Crippen molar-refractivity contribution < 1.29 is 19.4 Å². The van der Waals surface area contributed by atoms with E-state index in [1.54, 1.807) is 42.5 Å². The molecule has 0 saturated carbocycles. The average Bonchev–Trinajstić information content (AvgIpc) is 2.53. The fourth-order valence-electron chi connectivity index (χ4n) is 2.09. The second kappa shape index (κ2) is 7.27. The smallest absolute Gasteiger partial charge is 0.255 e. The fraction of sp³-hybridized carbons (Fsp3) is 0.263. The van der Waals surface area contributed by atoms with Crippen LogP contribution in [0.4, 0.5) is 5.69 Å². The molecule has 126 valence electrons. The largest absolute Gasteiger partial charge is 0.488 e. The molecule has 0 bridgehead atoms. The van der Waals surface area contributed by atoms with Crippen LogP contribution in [-0.2, 0) is 0 Å². The summed E-state index contributed by atoms with van der Waals surface area (Å²) in [5, 5.41) is 11.6. The molecular weight excluding hydrogens is 306 g/mol. The van der Waals surface area contributed by atoms with Crippen LogP contribution in [0.5, 0.6) is 5.75 Å². The first kappa shape index (κ1) is 17.7. The van der Waals surface area contributed by atoms with Gasteiger partial charge in [0.05, 0.1) is 0 Å². The highest BCUT2D eigenvalue weighted by atomic mass is 16.5. The molecular formula is C19H21NO4. The van der Waals surface area contributed by atoms with E-state index >= 15 is 0 Å². The Morgan fingerprint density at radius 1 is 1.04 bits per heavy atom. The minimum Gasteiger partial charge on any atom is -0.488 e. The van der Waals surface area contributed by atoms with Gasteiger partial charge in [-0.05, 0) is 57.2 Å². The number of anilines is 1. The van der Waals surface area contributed by atoms with Crippen molar-refractivity contribution in [3.8, 4) is 5.75 Å². The van der Waals surface area contributed by atoms with Crippen LogP contribution < -0.4 is 10.1 Å². The summed E-state index contributed by atoms with van der Waals surface area (Å²) in [6, 6.07) is 13.3. The summed E-state index contributed by atoms with van der Waals surface area (Å²) in [6.45, 7) is 5.30. The number of ketones is 1. The Balaban J connectivity index is 2.08. The molecule has 2 rings (SSSR count). The maximum atomic E-state index is 12.3. The van der Waals surface area contributed by atoms with Crippen molar-refractivity contribution in [2.24, 2.45) is 0 Å². The molecule has 5 heteroatoms. The van der Waals surface area contributed by atoms with Gasteiger partial charge in [-0.25, -0.2) is 0 Å². The number of Topliss-reactive ketones (excluding diaryl/α,β-unsaturated/α-hetero) is 1. The molecule has 24 heavy (non-hydrogen) atoms. The van der Waals surface area contributed by atoms with Gasteiger partial charge in [-0.15, -0.1) is 0 Å². The minimum absolute atomic E-state index is 0.286. The van der Waals surface area contributed by atoms with E-state index in [9.17, 15) is 9.59 Å². The van der Waals surface area contributed by atoms with Crippen LogP contribution in [0.15, 0.2) is 48.5 Å². The predicted octanol–water partition coefficient (Wildman–Crippen LogP) is 3.29. The number of aliphatic hydroxyl groups is 1. The molecule has 1 amide bonds. The van der Waals surface area contributed by atoms with Crippen LogP contribution in [0, 0.1) is 0 Å². The van der Waals surface area contributed by atoms with Gasteiger partial charge in [0.25, 0.3) is 5.91 Å². The third-order valence-electron chi connectivity index (χ3n) is 3.13. The van der Waals surface area contributed by atoms with Gasteiger partial charge in [-0.2, -0.15) is 0 Å². The molecule has 0 radical (unpaired) electrons. The van der Waals surface area contributed by atoms with Crippen LogP contribution in [0.25, 0.3) is 0 Å². The molecule has 0 spiro atoms. The molecule has 0 atom stereocenters. The van der Waals surface area contributed by atoms with Crippen LogP contribution in [0.3, 0.4) is 0 Å². The summed E-state index contributed by atoms with van der Waals surface area (Å²) < 4.78 is 5.72. The first-order valence-corrected chi connectivity index (χ1v) is 7.63. The fourth-order valence-corrected chi connectivity index (χ4v) is 2.09. The van der Waals surface area contributed by atoms with Gasteiger partial charge in [0.15, 0.2) is 5.78 Å². The van der Waals surface area contributed by atoms with Crippen molar-refractivity contribution in [2.75, 3.05) is 11.9 Å². The molecule has 0 aliphatic rings. The number of carbonyl (C=O) groups excluding carboxylic acids is 2. The number of carbonyl (C=O) groups is 2. The Morgan fingerprint density at radius 2 is 1.71 bits per heavy atom. The van der Waals surface area contributed by atoms with Gasteiger partial charge < -0.3 is 15.2 Å². The Hall–Kier alpha value is -2.66. The lowest BCUT2D eigenvalue weighted by Gasteiger charge is -2.21. The molecule has 0 heterocycles. The van der Waals surface area contributed by atoms with Crippen molar-refractivity contribution in [1.29, 1.82) is 0 Å². The number of amides is 1. The molecule has 0 saturated heterocycles. The van der Waals surface area contributed by atoms with E-state index in [4.69, 9.17) is 9.84 Å².